The molecule has 0 bridgehead atoms. The smallest absolute Gasteiger partial charge is 0.326 e. The summed E-state index contributed by atoms with van der Waals surface area (Å²) in [6.45, 7) is 3.84. The molecule has 0 aliphatic heterocycles. The fraction of sp³-hybridized carbons (Fsp3) is 0.636. The molecule has 6 atom stereocenters. The summed E-state index contributed by atoms with van der Waals surface area (Å²) in [6, 6.07) is -8.01. The molecular formula is C33H57N13O13. The number of primary amides is 1. The van der Waals surface area contributed by atoms with E-state index in [1.807, 2.05) is 0 Å². The molecule has 0 rings (SSSR count). The lowest BCUT2D eigenvalue weighted by Crippen LogP contribution is -2.57. The van der Waals surface area contributed by atoms with Crippen LogP contribution in [0.15, 0.2) is 4.99 Å². The fourth-order valence-corrected chi connectivity index (χ4v) is 4.75. The molecule has 26 nitrogen and oxygen atoms in total. The minimum atomic E-state index is -1.52. The zero-order valence-corrected chi connectivity index (χ0v) is 33.3. The van der Waals surface area contributed by atoms with E-state index in [1.165, 1.54) is 13.8 Å². The maximum atomic E-state index is 13.1. The zero-order valence-electron chi connectivity index (χ0n) is 33.3. The van der Waals surface area contributed by atoms with Gasteiger partial charge in [0.25, 0.3) is 0 Å². The quantitative estimate of drug-likeness (QED) is 0.0198. The van der Waals surface area contributed by atoms with Gasteiger partial charge in [0.2, 0.25) is 53.2 Å². The van der Waals surface area contributed by atoms with Gasteiger partial charge in [-0.15, -0.1) is 0 Å². The highest BCUT2D eigenvalue weighted by Gasteiger charge is 2.31. The van der Waals surface area contributed by atoms with Crippen molar-refractivity contribution in [2.75, 3.05) is 26.2 Å². The summed E-state index contributed by atoms with van der Waals surface area (Å²) in [7, 11) is 0. The molecule has 0 saturated carbocycles. The van der Waals surface area contributed by atoms with Crippen LogP contribution in [-0.2, 0) is 52.7 Å². The van der Waals surface area contributed by atoms with Crippen molar-refractivity contribution in [3.8, 4) is 0 Å². The molecular weight excluding hydrogens is 786 g/mol. The molecule has 0 heterocycles. The van der Waals surface area contributed by atoms with Crippen LogP contribution in [0.25, 0.3) is 0 Å². The van der Waals surface area contributed by atoms with Gasteiger partial charge in [-0.25, -0.2) is 4.79 Å². The minimum Gasteiger partial charge on any atom is -0.481 e. The standard InChI is InChI=1S/C33H57N13O13/c1-15(2)26(32(58)59)46-31(57)19(7-9-21(35)47)44-24(50)14-39-23(49)13-40-27(53)16(3)41-30(56)20(8-10-25(51)52)45-28(54)17(4)42-29(55)18(43-22(48)12-34)6-5-11-38-33(36)37/h15-20,26H,5-14,34H2,1-4H3,(H2,35,47)(H,39,49)(H,40,53)(H,41,56)(H,42,55)(H,43,48)(H,44,50)(H,45,54)(H,46,57)(H,51,52)(H,58,59)(H4,36,37,38)/t16-,17-,18-,19-,20-,26-/m0/s1. The van der Waals surface area contributed by atoms with Crippen LogP contribution in [0.3, 0.4) is 0 Å². The number of aliphatic imine (C=N–C) groups is 1. The van der Waals surface area contributed by atoms with Crippen molar-refractivity contribution < 1.29 is 63.0 Å². The predicted octanol–water partition coefficient (Wildman–Crippen LogP) is -6.95. The van der Waals surface area contributed by atoms with Crippen LogP contribution in [0, 0.1) is 5.92 Å². The Morgan fingerprint density at radius 2 is 1.05 bits per heavy atom. The van der Waals surface area contributed by atoms with Gasteiger partial charge in [0.1, 0.15) is 36.3 Å². The number of hydrogen-bond donors (Lipinski definition) is 14. The molecule has 0 aliphatic carbocycles. The Balaban J connectivity index is 5.35. The summed E-state index contributed by atoms with van der Waals surface area (Å²) in [6.07, 6.45) is -1.32. The number of carboxylic acids is 2. The molecule has 26 heteroatoms. The SMILES string of the molecule is CC(C)[C@H](NC(=O)[C@H](CCC(N)=O)NC(=O)CNC(=O)CNC(=O)[C@H](C)NC(=O)[C@H](CCC(=O)O)NC(=O)[C@H](C)NC(=O)[C@H](CCCN=C(N)N)NC(=O)CN)C(=O)O. The van der Waals surface area contributed by atoms with E-state index in [0.717, 1.165) is 0 Å². The number of carbonyl (C=O) groups excluding carboxylic acids is 9. The van der Waals surface area contributed by atoms with Gasteiger partial charge in [-0.2, -0.15) is 0 Å². The van der Waals surface area contributed by atoms with Crippen LogP contribution < -0.4 is 65.5 Å². The molecule has 0 unspecified atom stereocenters. The topological polar surface area (TPSA) is 441 Å². The molecule has 0 aromatic heterocycles. The van der Waals surface area contributed by atoms with E-state index in [2.05, 4.69) is 47.5 Å². The number of nitrogens with two attached hydrogens (primary N) is 4. The van der Waals surface area contributed by atoms with Gasteiger partial charge in [-0.1, -0.05) is 13.8 Å². The van der Waals surface area contributed by atoms with E-state index in [1.54, 1.807) is 13.8 Å². The first-order valence-electron chi connectivity index (χ1n) is 18.3. The van der Waals surface area contributed by atoms with E-state index < -0.39 is 140 Å². The van der Waals surface area contributed by atoms with Crippen LogP contribution in [0.4, 0.5) is 0 Å². The summed E-state index contributed by atoms with van der Waals surface area (Å²) in [5.74, 6) is -11.1. The number of amides is 9. The van der Waals surface area contributed by atoms with Crippen LogP contribution in [0.2, 0.25) is 0 Å². The minimum absolute atomic E-state index is 0.0556. The van der Waals surface area contributed by atoms with Gasteiger partial charge in [0.05, 0.1) is 19.6 Å². The maximum Gasteiger partial charge on any atom is 0.326 e. The number of nitrogens with one attached hydrogen (secondary N) is 8. The molecule has 18 N–H and O–H groups in total. The van der Waals surface area contributed by atoms with Crippen molar-refractivity contribution in [3.63, 3.8) is 0 Å². The van der Waals surface area contributed by atoms with Gasteiger partial charge in [0, 0.05) is 19.4 Å². The molecule has 0 aromatic carbocycles. The molecule has 0 saturated heterocycles. The number of carbonyl (C=O) groups is 11. The average molecular weight is 844 g/mol. The third-order valence-corrected chi connectivity index (χ3v) is 8.00. The molecule has 59 heavy (non-hydrogen) atoms. The second kappa shape index (κ2) is 27.1. The van der Waals surface area contributed by atoms with Crippen LogP contribution >= 0.6 is 0 Å². The monoisotopic (exact) mass is 843 g/mol. The Morgan fingerprint density at radius 3 is 1.56 bits per heavy atom. The maximum absolute atomic E-state index is 13.1. The van der Waals surface area contributed by atoms with Crippen molar-refractivity contribution in [2.24, 2.45) is 33.8 Å². The number of aliphatic carboxylic acids is 2. The van der Waals surface area contributed by atoms with Gasteiger partial charge >= 0.3 is 11.9 Å². The lowest BCUT2D eigenvalue weighted by molar-refractivity contribution is -0.143. The van der Waals surface area contributed by atoms with Gasteiger partial charge in [-0.05, 0) is 45.4 Å². The van der Waals surface area contributed by atoms with E-state index >= 15 is 0 Å². The van der Waals surface area contributed by atoms with Crippen LogP contribution in [0.1, 0.15) is 66.2 Å². The Bertz CT molecular complexity index is 1570. The average Bonchev–Trinajstić information content (AvgIpc) is 3.15. The number of hydrogen-bond acceptors (Lipinski definition) is 13. The van der Waals surface area contributed by atoms with E-state index in [4.69, 9.17) is 22.9 Å². The molecule has 0 aliphatic rings. The number of carboxylic acid groups (broad SMARTS) is 2. The molecule has 332 valence electrons. The van der Waals surface area contributed by atoms with Crippen molar-refractivity contribution >= 4 is 71.1 Å². The van der Waals surface area contributed by atoms with Crippen molar-refractivity contribution in [1.29, 1.82) is 0 Å². The molecule has 0 fully saturated rings. The Kier molecular flexibility index (Phi) is 24.1. The first-order valence-corrected chi connectivity index (χ1v) is 18.3. The van der Waals surface area contributed by atoms with Crippen molar-refractivity contribution in [1.82, 2.24) is 42.5 Å². The molecule has 0 spiro atoms. The number of nitrogens with zero attached hydrogens (tertiary/aromatic N) is 1. The number of rotatable bonds is 28. The highest BCUT2D eigenvalue weighted by atomic mass is 16.4. The largest absolute Gasteiger partial charge is 0.481 e. The van der Waals surface area contributed by atoms with Crippen molar-refractivity contribution in [3.05, 3.63) is 0 Å². The Hall–Kier alpha value is -6.60. The van der Waals surface area contributed by atoms with Crippen LogP contribution in [-0.4, -0.2) is 144 Å². The Morgan fingerprint density at radius 1 is 0.559 bits per heavy atom. The lowest BCUT2D eigenvalue weighted by Gasteiger charge is -2.24. The molecule has 0 aromatic rings. The predicted molar refractivity (Wildman–Crippen MR) is 206 cm³/mol. The van der Waals surface area contributed by atoms with Gasteiger partial charge < -0.3 is 75.7 Å². The zero-order chi connectivity index (χ0) is 45.4. The van der Waals surface area contributed by atoms with E-state index in [0.29, 0.717) is 0 Å². The fourth-order valence-electron chi connectivity index (χ4n) is 4.75. The normalized spacial score (nSPS) is 13.7. The third kappa shape index (κ3) is 22.7. The molecule has 9 amide bonds. The summed E-state index contributed by atoms with van der Waals surface area (Å²) < 4.78 is 0. The summed E-state index contributed by atoms with van der Waals surface area (Å²) >= 11 is 0. The summed E-state index contributed by atoms with van der Waals surface area (Å²) in [5.41, 5.74) is 21.0. The highest BCUT2D eigenvalue weighted by Crippen LogP contribution is 2.06. The van der Waals surface area contributed by atoms with Crippen LogP contribution in [0.5, 0.6) is 0 Å². The number of guanidine groups is 1. The first kappa shape index (κ1) is 52.4. The van der Waals surface area contributed by atoms with E-state index in [-0.39, 0.29) is 38.2 Å². The van der Waals surface area contributed by atoms with Gasteiger partial charge in [0.15, 0.2) is 5.96 Å². The van der Waals surface area contributed by atoms with Crippen molar-refractivity contribution in [2.45, 2.75) is 102 Å². The third-order valence-electron chi connectivity index (χ3n) is 8.00. The summed E-state index contributed by atoms with van der Waals surface area (Å²) in [5, 5.41) is 36.9. The lowest BCUT2D eigenvalue weighted by atomic mass is 10.0. The first-order chi connectivity index (χ1) is 27.5. The second-order valence-electron chi connectivity index (χ2n) is 13.4. The summed E-state index contributed by atoms with van der Waals surface area (Å²) in [4.78, 5) is 139. The molecule has 0 radical (unpaired) electrons. The van der Waals surface area contributed by atoms with Gasteiger partial charge in [-0.3, -0.25) is 52.9 Å². The second-order valence-corrected chi connectivity index (χ2v) is 13.4. The highest BCUT2D eigenvalue weighted by molar-refractivity contribution is 5.97. The van der Waals surface area contributed by atoms with E-state index in [9.17, 15) is 63.0 Å². The Labute approximate surface area is 338 Å².